The Hall–Kier alpha value is -1.26. The van der Waals surface area contributed by atoms with Gasteiger partial charge in [-0.2, -0.15) is 13.2 Å². The second-order valence-electron chi connectivity index (χ2n) is 5.21. The average Bonchev–Trinajstić information content (AvgIpc) is 2.28. The van der Waals surface area contributed by atoms with Crippen molar-refractivity contribution < 1.29 is 17.6 Å². The molecule has 19 heavy (non-hydrogen) atoms. The molecule has 0 radical (unpaired) electrons. The van der Waals surface area contributed by atoms with Gasteiger partial charge in [-0.25, -0.2) is 4.39 Å². The second-order valence-corrected chi connectivity index (χ2v) is 5.21. The first-order chi connectivity index (χ1) is 8.70. The molecule has 1 unspecified atom stereocenters. The lowest BCUT2D eigenvalue weighted by Gasteiger charge is -2.18. The molecule has 0 heterocycles. The lowest BCUT2D eigenvalue weighted by atomic mass is 10.0. The van der Waals surface area contributed by atoms with E-state index in [1.165, 1.54) is 0 Å². The normalized spacial score (nSPS) is 13.7. The minimum Gasteiger partial charge on any atom is -0.380 e. The van der Waals surface area contributed by atoms with Gasteiger partial charge >= 0.3 is 6.18 Å². The van der Waals surface area contributed by atoms with Crippen LogP contribution in [0.5, 0.6) is 0 Å². The van der Waals surface area contributed by atoms with Gasteiger partial charge < -0.3 is 5.32 Å². The molecule has 0 aliphatic heterocycles. The molecule has 0 aliphatic carbocycles. The first kappa shape index (κ1) is 15.8. The van der Waals surface area contributed by atoms with Crippen molar-refractivity contribution in [2.45, 2.75) is 45.8 Å². The van der Waals surface area contributed by atoms with E-state index in [0.717, 1.165) is 31.0 Å². The smallest absolute Gasteiger partial charge is 0.380 e. The molecule has 1 aromatic rings. The van der Waals surface area contributed by atoms with Crippen LogP contribution in [-0.2, 0) is 6.18 Å². The lowest BCUT2D eigenvalue weighted by molar-refractivity contribution is -0.137. The van der Waals surface area contributed by atoms with Crippen LogP contribution in [0.15, 0.2) is 18.2 Å². The average molecular weight is 277 g/mol. The largest absolute Gasteiger partial charge is 0.416 e. The van der Waals surface area contributed by atoms with Crippen LogP contribution in [0, 0.1) is 11.7 Å². The van der Waals surface area contributed by atoms with Crippen LogP contribution in [0.3, 0.4) is 0 Å². The summed E-state index contributed by atoms with van der Waals surface area (Å²) in [5.74, 6) is -0.153. The van der Waals surface area contributed by atoms with E-state index in [4.69, 9.17) is 0 Å². The van der Waals surface area contributed by atoms with Crippen LogP contribution in [-0.4, -0.2) is 6.04 Å². The summed E-state index contributed by atoms with van der Waals surface area (Å²) in [4.78, 5) is 0. The highest BCUT2D eigenvalue weighted by atomic mass is 19.4. The Morgan fingerprint density at radius 1 is 1.11 bits per heavy atom. The molecule has 0 spiro atoms. The van der Waals surface area contributed by atoms with Gasteiger partial charge in [-0.3, -0.25) is 0 Å². The molecular weight excluding hydrogens is 258 g/mol. The molecule has 0 bridgehead atoms. The fourth-order valence-corrected chi connectivity index (χ4v) is 1.73. The molecule has 5 heteroatoms. The summed E-state index contributed by atoms with van der Waals surface area (Å²) in [7, 11) is 0. The van der Waals surface area contributed by atoms with Gasteiger partial charge in [0.15, 0.2) is 0 Å². The Morgan fingerprint density at radius 2 is 1.74 bits per heavy atom. The Labute approximate surface area is 111 Å². The van der Waals surface area contributed by atoms with Crippen LogP contribution in [0.25, 0.3) is 0 Å². The molecule has 0 fully saturated rings. The van der Waals surface area contributed by atoms with Gasteiger partial charge in [-0.15, -0.1) is 0 Å². The second kappa shape index (κ2) is 6.26. The van der Waals surface area contributed by atoms with E-state index in [-0.39, 0.29) is 11.7 Å². The molecule has 0 saturated heterocycles. The van der Waals surface area contributed by atoms with Crippen LogP contribution in [0.4, 0.5) is 23.2 Å². The first-order valence-corrected chi connectivity index (χ1v) is 6.33. The number of benzene rings is 1. The van der Waals surface area contributed by atoms with Crippen LogP contribution in [0.2, 0.25) is 0 Å². The summed E-state index contributed by atoms with van der Waals surface area (Å²) in [6.45, 7) is 5.97. The summed E-state index contributed by atoms with van der Waals surface area (Å²) in [6, 6.07) is 2.35. The number of hydrogen-bond donors (Lipinski definition) is 1. The number of nitrogens with one attached hydrogen (secondary N) is 1. The van der Waals surface area contributed by atoms with E-state index in [1.807, 2.05) is 6.92 Å². The van der Waals surface area contributed by atoms with Crippen molar-refractivity contribution >= 4 is 5.69 Å². The monoisotopic (exact) mass is 277 g/mol. The van der Waals surface area contributed by atoms with Crippen molar-refractivity contribution in [1.29, 1.82) is 0 Å². The third-order valence-electron chi connectivity index (χ3n) is 2.87. The summed E-state index contributed by atoms with van der Waals surface area (Å²) in [5.41, 5.74) is -0.932. The molecule has 1 nitrogen and oxygen atoms in total. The predicted molar refractivity (Wildman–Crippen MR) is 68.6 cm³/mol. The maximum atomic E-state index is 13.5. The van der Waals surface area contributed by atoms with Gasteiger partial charge in [-0.1, -0.05) is 13.8 Å². The van der Waals surface area contributed by atoms with Crippen molar-refractivity contribution in [3.05, 3.63) is 29.6 Å². The van der Waals surface area contributed by atoms with Crippen molar-refractivity contribution in [2.24, 2.45) is 5.92 Å². The molecule has 1 N–H and O–H groups in total. The number of rotatable bonds is 5. The third kappa shape index (κ3) is 5.09. The zero-order valence-electron chi connectivity index (χ0n) is 11.3. The number of anilines is 1. The summed E-state index contributed by atoms with van der Waals surface area (Å²) in [5, 5.41) is 2.80. The molecular formula is C14H19F4N. The number of halogens is 4. The van der Waals surface area contributed by atoms with Gasteiger partial charge in [0, 0.05) is 6.04 Å². The maximum Gasteiger partial charge on any atom is 0.416 e. The molecule has 0 aromatic heterocycles. The Kier molecular flexibility index (Phi) is 5.20. The minimum absolute atomic E-state index is 0.0691. The minimum atomic E-state index is -4.45. The molecule has 0 saturated carbocycles. The van der Waals surface area contributed by atoms with E-state index >= 15 is 0 Å². The standard InChI is InChI=1S/C14H19F4N/c1-9(2)4-5-10(3)19-13-8-11(14(16,17)18)6-7-12(13)15/h6-10,19H,4-5H2,1-3H3. The highest BCUT2D eigenvalue weighted by molar-refractivity contribution is 5.48. The zero-order valence-corrected chi connectivity index (χ0v) is 11.3. The van der Waals surface area contributed by atoms with Crippen LogP contribution >= 0.6 is 0 Å². The number of hydrogen-bond acceptors (Lipinski definition) is 1. The Morgan fingerprint density at radius 3 is 2.26 bits per heavy atom. The zero-order chi connectivity index (χ0) is 14.6. The highest BCUT2D eigenvalue weighted by Crippen LogP contribution is 2.32. The summed E-state index contributed by atoms with van der Waals surface area (Å²) in [6.07, 6.45) is -2.73. The summed E-state index contributed by atoms with van der Waals surface area (Å²) >= 11 is 0. The fourth-order valence-electron chi connectivity index (χ4n) is 1.73. The van der Waals surface area contributed by atoms with Gasteiger partial charge in [-0.05, 0) is 43.9 Å². The molecule has 1 atom stereocenters. The molecule has 0 amide bonds. The third-order valence-corrected chi connectivity index (χ3v) is 2.87. The number of alkyl halides is 3. The van der Waals surface area contributed by atoms with E-state index in [1.54, 1.807) is 0 Å². The van der Waals surface area contributed by atoms with Gasteiger partial charge in [0.1, 0.15) is 5.82 Å². The first-order valence-electron chi connectivity index (χ1n) is 6.33. The van der Waals surface area contributed by atoms with E-state index < -0.39 is 17.6 Å². The maximum absolute atomic E-state index is 13.5. The molecule has 1 aromatic carbocycles. The quantitative estimate of drug-likeness (QED) is 0.740. The predicted octanol–water partition coefficient (Wildman–Crippen LogP) is 5.08. The van der Waals surface area contributed by atoms with Gasteiger partial charge in [0.05, 0.1) is 11.3 Å². The van der Waals surface area contributed by atoms with Crippen molar-refractivity contribution in [3.63, 3.8) is 0 Å². The van der Waals surface area contributed by atoms with Gasteiger partial charge in [0.25, 0.3) is 0 Å². The van der Waals surface area contributed by atoms with E-state index in [2.05, 4.69) is 19.2 Å². The SMILES string of the molecule is CC(C)CCC(C)Nc1cc(C(F)(F)F)ccc1F. The molecule has 1 rings (SSSR count). The Balaban J connectivity index is 2.77. The summed E-state index contributed by atoms with van der Waals surface area (Å²) < 4.78 is 51.1. The van der Waals surface area contributed by atoms with E-state index in [9.17, 15) is 17.6 Å². The molecule has 0 aliphatic rings. The van der Waals surface area contributed by atoms with Crippen LogP contribution in [0.1, 0.15) is 39.2 Å². The van der Waals surface area contributed by atoms with Crippen LogP contribution < -0.4 is 5.32 Å². The lowest BCUT2D eigenvalue weighted by Crippen LogP contribution is -2.17. The Bertz CT molecular complexity index is 412. The van der Waals surface area contributed by atoms with Crippen molar-refractivity contribution in [3.8, 4) is 0 Å². The topological polar surface area (TPSA) is 12.0 Å². The van der Waals surface area contributed by atoms with E-state index in [0.29, 0.717) is 5.92 Å². The fraction of sp³-hybridized carbons (Fsp3) is 0.571. The highest BCUT2D eigenvalue weighted by Gasteiger charge is 2.31. The van der Waals surface area contributed by atoms with Crippen molar-refractivity contribution in [1.82, 2.24) is 0 Å². The molecule has 108 valence electrons. The van der Waals surface area contributed by atoms with Gasteiger partial charge in [0.2, 0.25) is 0 Å². The van der Waals surface area contributed by atoms with Crippen molar-refractivity contribution in [2.75, 3.05) is 5.32 Å².